The third kappa shape index (κ3) is 3.17. The van der Waals surface area contributed by atoms with E-state index in [4.69, 9.17) is 0 Å². The molecule has 3 fully saturated rings. The molecule has 1 amide bonds. The molecule has 0 bridgehead atoms. The Morgan fingerprint density at radius 3 is 2.60 bits per heavy atom. The second-order valence-corrected chi connectivity index (χ2v) is 6.87. The third-order valence-electron chi connectivity index (χ3n) is 5.40. The number of β-amino-alcohol motifs (C(OH)–C–C–N with tert-alkyl or cyclic N) is 1. The van der Waals surface area contributed by atoms with Crippen molar-refractivity contribution >= 4 is 5.91 Å². The Kier molecular flexibility index (Phi) is 4.61. The van der Waals surface area contributed by atoms with Gasteiger partial charge in [-0.1, -0.05) is 12.8 Å². The van der Waals surface area contributed by atoms with Gasteiger partial charge in [0.15, 0.2) is 0 Å². The highest BCUT2D eigenvalue weighted by atomic mass is 16.3. The Morgan fingerprint density at radius 2 is 1.75 bits per heavy atom. The van der Waals surface area contributed by atoms with E-state index in [1.54, 1.807) is 0 Å². The summed E-state index contributed by atoms with van der Waals surface area (Å²) in [5.74, 6) is 1.06. The van der Waals surface area contributed by atoms with Gasteiger partial charge in [-0.15, -0.1) is 0 Å². The normalized spacial score (nSPS) is 35.6. The van der Waals surface area contributed by atoms with Crippen molar-refractivity contribution in [2.75, 3.05) is 26.2 Å². The Hall–Kier alpha value is -0.610. The molecular formula is C16H28N2O2. The average Bonchev–Trinajstić information content (AvgIpc) is 2.46. The molecule has 4 heteroatoms. The number of aliphatic hydroxyl groups is 1. The molecule has 0 aromatic rings. The molecule has 2 aliphatic heterocycles. The predicted octanol–water partition coefficient (Wildman–Crippen LogP) is 1.62. The van der Waals surface area contributed by atoms with Gasteiger partial charge in [0.25, 0.3) is 0 Å². The molecule has 4 nitrogen and oxygen atoms in total. The highest BCUT2D eigenvalue weighted by molar-refractivity contribution is 5.78. The topological polar surface area (TPSA) is 43.8 Å². The zero-order valence-electron chi connectivity index (χ0n) is 12.5. The second-order valence-electron chi connectivity index (χ2n) is 6.87. The fourth-order valence-electron chi connectivity index (χ4n) is 4.39. The van der Waals surface area contributed by atoms with Crippen molar-refractivity contribution in [2.24, 2.45) is 5.92 Å². The zero-order chi connectivity index (χ0) is 13.9. The lowest BCUT2D eigenvalue weighted by molar-refractivity contribution is -0.139. The van der Waals surface area contributed by atoms with Gasteiger partial charge in [-0.3, -0.25) is 9.69 Å². The molecule has 3 rings (SSSR count). The van der Waals surface area contributed by atoms with E-state index in [-0.39, 0.29) is 6.10 Å². The number of carbonyl (C=O) groups excluding carboxylic acids is 1. The molecule has 0 spiro atoms. The van der Waals surface area contributed by atoms with Crippen molar-refractivity contribution in [3.05, 3.63) is 0 Å². The summed E-state index contributed by atoms with van der Waals surface area (Å²) in [5, 5.41) is 9.72. The van der Waals surface area contributed by atoms with E-state index in [1.807, 2.05) is 0 Å². The minimum Gasteiger partial charge on any atom is -0.392 e. The number of carbonyl (C=O) groups is 1. The molecule has 3 unspecified atom stereocenters. The van der Waals surface area contributed by atoms with Crippen LogP contribution in [0.25, 0.3) is 0 Å². The van der Waals surface area contributed by atoms with Gasteiger partial charge < -0.3 is 10.0 Å². The van der Waals surface area contributed by atoms with Crippen LogP contribution in [0.2, 0.25) is 0 Å². The Bertz CT molecular complexity index is 345. The number of rotatable bonds is 2. The van der Waals surface area contributed by atoms with Gasteiger partial charge in [0.1, 0.15) is 0 Å². The molecule has 114 valence electrons. The van der Waals surface area contributed by atoms with Crippen LogP contribution >= 0.6 is 0 Å². The number of amides is 1. The summed E-state index contributed by atoms with van der Waals surface area (Å²) in [6.45, 7) is 3.11. The number of piperidine rings is 2. The van der Waals surface area contributed by atoms with Gasteiger partial charge >= 0.3 is 0 Å². The van der Waals surface area contributed by atoms with E-state index in [2.05, 4.69) is 9.80 Å². The van der Waals surface area contributed by atoms with Crippen molar-refractivity contribution in [3.63, 3.8) is 0 Å². The van der Waals surface area contributed by atoms with E-state index in [0.717, 1.165) is 31.8 Å². The monoisotopic (exact) mass is 280 g/mol. The minimum absolute atomic E-state index is 0.236. The van der Waals surface area contributed by atoms with Gasteiger partial charge in [0, 0.05) is 19.1 Å². The van der Waals surface area contributed by atoms with Crippen molar-refractivity contribution in [3.8, 4) is 0 Å². The first kappa shape index (κ1) is 14.3. The number of fused-ring (bicyclic) bond motifs is 1. The van der Waals surface area contributed by atoms with Crippen LogP contribution in [0.5, 0.6) is 0 Å². The number of aliphatic hydroxyl groups excluding tert-OH is 1. The summed E-state index contributed by atoms with van der Waals surface area (Å²) in [4.78, 5) is 16.9. The van der Waals surface area contributed by atoms with Crippen LogP contribution in [-0.4, -0.2) is 59.1 Å². The lowest BCUT2D eigenvalue weighted by Gasteiger charge is -2.45. The molecule has 1 saturated carbocycles. The van der Waals surface area contributed by atoms with Gasteiger partial charge in [-0.25, -0.2) is 0 Å². The van der Waals surface area contributed by atoms with E-state index < -0.39 is 0 Å². The molecule has 2 heterocycles. The molecule has 20 heavy (non-hydrogen) atoms. The quantitative estimate of drug-likeness (QED) is 0.836. The van der Waals surface area contributed by atoms with Crippen LogP contribution in [0.15, 0.2) is 0 Å². The SMILES string of the molecule is O=C(CN1CCCC(O)C1)N1CCCC2CCCCC21. The van der Waals surface area contributed by atoms with Crippen LogP contribution in [-0.2, 0) is 4.79 Å². The predicted molar refractivity (Wildman–Crippen MR) is 78.4 cm³/mol. The Morgan fingerprint density at radius 1 is 1.00 bits per heavy atom. The lowest BCUT2D eigenvalue weighted by Crippen LogP contribution is -2.53. The summed E-state index contributed by atoms with van der Waals surface area (Å²) in [6.07, 6.45) is 9.32. The van der Waals surface area contributed by atoms with Crippen molar-refractivity contribution in [1.82, 2.24) is 9.80 Å². The number of hydrogen-bond donors (Lipinski definition) is 1. The summed E-state index contributed by atoms with van der Waals surface area (Å²) >= 11 is 0. The van der Waals surface area contributed by atoms with Gasteiger partial charge in [0.05, 0.1) is 12.6 Å². The molecule has 1 N–H and O–H groups in total. The summed E-state index contributed by atoms with van der Waals surface area (Å²) in [7, 11) is 0. The Labute approximate surface area is 122 Å². The van der Waals surface area contributed by atoms with Crippen molar-refractivity contribution in [1.29, 1.82) is 0 Å². The molecule has 3 atom stereocenters. The van der Waals surface area contributed by atoms with Crippen LogP contribution in [0.3, 0.4) is 0 Å². The minimum atomic E-state index is -0.236. The maximum Gasteiger partial charge on any atom is 0.237 e. The second kappa shape index (κ2) is 6.44. The fourth-order valence-corrected chi connectivity index (χ4v) is 4.39. The standard InChI is InChI=1S/C16H28N2O2/c19-14-7-4-9-17(11-14)12-16(20)18-10-3-6-13-5-1-2-8-15(13)18/h13-15,19H,1-12H2. The molecular weight excluding hydrogens is 252 g/mol. The van der Waals surface area contributed by atoms with Crippen LogP contribution in [0, 0.1) is 5.92 Å². The summed E-state index contributed by atoms with van der Waals surface area (Å²) in [6, 6.07) is 0.514. The molecule has 0 radical (unpaired) electrons. The Balaban J connectivity index is 1.57. The van der Waals surface area contributed by atoms with Gasteiger partial charge in [0.2, 0.25) is 5.91 Å². The molecule has 3 aliphatic rings. The first-order valence-electron chi connectivity index (χ1n) is 8.44. The zero-order valence-corrected chi connectivity index (χ0v) is 12.5. The first-order chi connectivity index (χ1) is 9.74. The fraction of sp³-hybridized carbons (Fsp3) is 0.938. The van der Waals surface area contributed by atoms with E-state index >= 15 is 0 Å². The average molecular weight is 280 g/mol. The smallest absolute Gasteiger partial charge is 0.237 e. The van der Waals surface area contributed by atoms with Crippen LogP contribution < -0.4 is 0 Å². The van der Waals surface area contributed by atoms with Crippen LogP contribution in [0.1, 0.15) is 51.4 Å². The number of likely N-dealkylation sites (tertiary alicyclic amines) is 2. The van der Waals surface area contributed by atoms with Crippen molar-refractivity contribution < 1.29 is 9.90 Å². The summed E-state index contributed by atoms with van der Waals surface area (Å²) in [5.41, 5.74) is 0. The van der Waals surface area contributed by atoms with E-state index in [0.29, 0.717) is 25.0 Å². The number of nitrogens with zero attached hydrogens (tertiary/aromatic N) is 2. The highest BCUT2D eigenvalue weighted by Crippen LogP contribution is 2.35. The molecule has 1 aliphatic carbocycles. The van der Waals surface area contributed by atoms with Crippen molar-refractivity contribution in [2.45, 2.75) is 63.5 Å². The maximum atomic E-state index is 12.6. The van der Waals surface area contributed by atoms with Crippen LogP contribution in [0.4, 0.5) is 0 Å². The van der Waals surface area contributed by atoms with Gasteiger partial charge in [-0.05, 0) is 51.0 Å². The van der Waals surface area contributed by atoms with E-state index in [1.165, 1.54) is 38.5 Å². The molecule has 2 saturated heterocycles. The largest absolute Gasteiger partial charge is 0.392 e. The highest BCUT2D eigenvalue weighted by Gasteiger charge is 2.36. The molecule has 0 aromatic heterocycles. The summed E-state index contributed by atoms with van der Waals surface area (Å²) < 4.78 is 0. The lowest BCUT2D eigenvalue weighted by atomic mass is 9.78. The van der Waals surface area contributed by atoms with E-state index in [9.17, 15) is 9.90 Å². The third-order valence-corrected chi connectivity index (χ3v) is 5.40. The number of hydrogen-bond acceptors (Lipinski definition) is 3. The van der Waals surface area contributed by atoms with Gasteiger partial charge in [-0.2, -0.15) is 0 Å². The first-order valence-corrected chi connectivity index (χ1v) is 8.44. The maximum absolute atomic E-state index is 12.6. The molecule has 0 aromatic carbocycles.